The third-order valence-corrected chi connectivity index (χ3v) is 6.81. The van der Waals surface area contributed by atoms with Gasteiger partial charge in [-0.1, -0.05) is 6.58 Å². The summed E-state index contributed by atoms with van der Waals surface area (Å²) in [5.74, 6) is 0.630. The lowest BCUT2D eigenvalue weighted by atomic mass is 9.86. The molecule has 39 heavy (non-hydrogen) atoms. The van der Waals surface area contributed by atoms with Gasteiger partial charge in [0.2, 0.25) is 17.7 Å². The zero-order valence-electron chi connectivity index (χ0n) is 22.0. The van der Waals surface area contributed by atoms with E-state index in [2.05, 4.69) is 62.3 Å². The number of halogens is 1. The minimum absolute atomic E-state index is 0.136. The molecule has 0 aliphatic carbocycles. The second-order valence-electron chi connectivity index (χ2n) is 9.57. The molecule has 0 saturated carbocycles. The Morgan fingerprint density at radius 1 is 1.21 bits per heavy atom. The lowest BCUT2D eigenvalue weighted by Gasteiger charge is -2.30. The molecule has 0 atom stereocenters. The van der Waals surface area contributed by atoms with Crippen molar-refractivity contribution in [3.05, 3.63) is 66.1 Å². The predicted octanol–water partition coefficient (Wildman–Crippen LogP) is 5.28. The summed E-state index contributed by atoms with van der Waals surface area (Å²) in [6.45, 7) is 7.64. The molecular weight excluding hydrogens is 501 g/mol. The first-order valence-corrected chi connectivity index (χ1v) is 12.6. The predicted molar refractivity (Wildman–Crippen MR) is 147 cm³/mol. The van der Waals surface area contributed by atoms with E-state index in [9.17, 15) is 9.18 Å². The van der Waals surface area contributed by atoms with E-state index in [1.807, 2.05) is 6.07 Å². The van der Waals surface area contributed by atoms with Crippen LogP contribution in [0.5, 0.6) is 17.4 Å². The second-order valence-corrected chi connectivity index (χ2v) is 9.57. The Kier molecular flexibility index (Phi) is 7.42. The first kappa shape index (κ1) is 26.1. The molecule has 3 heterocycles. The molecule has 4 aromatic rings. The molecule has 1 saturated heterocycles. The minimum atomic E-state index is -0.590. The Hall–Kier alpha value is -4.51. The van der Waals surface area contributed by atoms with Gasteiger partial charge in [-0.15, -0.1) is 0 Å². The molecule has 0 unspecified atom stereocenters. The van der Waals surface area contributed by atoms with Gasteiger partial charge in [0.1, 0.15) is 22.7 Å². The van der Waals surface area contributed by atoms with Crippen LogP contribution in [0, 0.1) is 12.7 Å². The molecule has 2 aromatic carbocycles. The van der Waals surface area contributed by atoms with Crippen molar-refractivity contribution in [1.82, 2.24) is 25.1 Å². The molecular formula is C28H30FN7O3. The van der Waals surface area contributed by atoms with E-state index in [0.717, 1.165) is 37.6 Å². The maximum Gasteiger partial charge on any atom is 0.247 e. The standard InChI is InChI=1S/C28H30FN7O3/c1-5-25(37)31-19-11-18(29)12-20(13-19)39-27-22-15-30-35-26(22)33-28(34-27)32-23-10-16(2)21(14-24(23)38-4)17-6-8-36(3)9-7-17/h5,10-15,17H,1,6-9H2,2-4H3,(H,31,37)(H2,30,32,33,34,35). The lowest BCUT2D eigenvalue weighted by molar-refractivity contribution is -0.111. The number of nitrogens with one attached hydrogen (secondary N) is 3. The number of fused-ring (bicyclic) bond motifs is 1. The fraction of sp³-hybridized carbons (Fsp3) is 0.286. The smallest absolute Gasteiger partial charge is 0.247 e. The van der Waals surface area contributed by atoms with Crippen LogP contribution in [0.1, 0.15) is 29.9 Å². The van der Waals surface area contributed by atoms with Crippen LogP contribution in [0.3, 0.4) is 0 Å². The van der Waals surface area contributed by atoms with Gasteiger partial charge in [-0.05, 0) is 81.2 Å². The summed E-state index contributed by atoms with van der Waals surface area (Å²) in [4.78, 5) is 23.1. The number of nitrogens with zero attached hydrogens (tertiary/aromatic N) is 4. The van der Waals surface area contributed by atoms with Crippen LogP contribution < -0.4 is 20.1 Å². The highest BCUT2D eigenvalue weighted by Crippen LogP contribution is 2.38. The Morgan fingerprint density at radius 2 is 2.00 bits per heavy atom. The van der Waals surface area contributed by atoms with Crippen LogP contribution in [0.25, 0.3) is 11.0 Å². The average Bonchev–Trinajstić information content (AvgIpc) is 3.38. The van der Waals surface area contributed by atoms with Crippen LogP contribution in [0.15, 0.2) is 49.2 Å². The number of anilines is 3. The highest BCUT2D eigenvalue weighted by molar-refractivity contribution is 5.99. The molecule has 10 nitrogen and oxygen atoms in total. The lowest BCUT2D eigenvalue weighted by Crippen LogP contribution is -2.29. The summed E-state index contributed by atoms with van der Waals surface area (Å²) < 4.78 is 26.0. The molecule has 5 rings (SSSR count). The molecule has 202 valence electrons. The fourth-order valence-electron chi connectivity index (χ4n) is 4.79. The van der Waals surface area contributed by atoms with Crippen molar-refractivity contribution in [2.45, 2.75) is 25.7 Å². The maximum atomic E-state index is 14.3. The number of carbonyl (C=O) groups is 1. The number of hydrogen-bond donors (Lipinski definition) is 3. The van der Waals surface area contributed by atoms with E-state index in [0.29, 0.717) is 28.4 Å². The Bertz CT molecular complexity index is 1530. The summed E-state index contributed by atoms with van der Waals surface area (Å²) in [7, 11) is 3.79. The molecule has 1 aliphatic heterocycles. The zero-order valence-corrected chi connectivity index (χ0v) is 22.0. The Morgan fingerprint density at radius 3 is 2.74 bits per heavy atom. The van der Waals surface area contributed by atoms with Gasteiger partial charge in [-0.2, -0.15) is 15.1 Å². The second kappa shape index (κ2) is 11.1. The molecule has 1 amide bonds. The first-order chi connectivity index (χ1) is 18.8. The summed E-state index contributed by atoms with van der Waals surface area (Å²) in [5.41, 5.74) is 3.79. The van der Waals surface area contributed by atoms with E-state index < -0.39 is 11.7 Å². The summed E-state index contributed by atoms with van der Waals surface area (Å²) in [6.07, 6.45) is 4.83. The molecule has 3 N–H and O–H groups in total. The number of ether oxygens (including phenoxy) is 2. The molecule has 2 aromatic heterocycles. The van der Waals surface area contributed by atoms with Gasteiger partial charge in [-0.3, -0.25) is 9.89 Å². The quantitative estimate of drug-likeness (QED) is 0.263. The zero-order chi connectivity index (χ0) is 27.5. The fourth-order valence-corrected chi connectivity index (χ4v) is 4.79. The van der Waals surface area contributed by atoms with Crippen LogP contribution in [-0.2, 0) is 4.79 Å². The topological polar surface area (TPSA) is 117 Å². The van der Waals surface area contributed by atoms with E-state index in [1.54, 1.807) is 7.11 Å². The van der Waals surface area contributed by atoms with Crippen molar-refractivity contribution in [1.29, 1.82) is 0 Å². The number of piperidine rings is 1. The highest BCUT2D eigenvalue weighted by atomic mass is 19.1. The van der Waals surface area contributed by atoms with E-state index in [-0.39, 0.29) is 23.3 Å². The van der Waals surface area contributed by atoms with Gasteiger partial charge >= 0.3 is 0 Å². The maximum absolute atomic E-state index is 14.3. The van der Waals surface area contributed by atoms with Crippen LogP contribution in [-0.4, -0.2) is 58.2 Å². The van der Waals surface area contributed by atoms with Crippen molar-refractivity contribution < 1.29 is 18.7 Å². The normalized spacial score (nSPS) is 14.3. The number of methoxy groups -OCH3 is 1. The number of rotatable bonds is 8. The molecule has 0 spiro atoms. The molecule has 1 aliphatic rings. The van der Waals surface area contributed by atoms with Gasteiger partial charge in [0.15, 0.2) is 5.65 Å². The van der Waals surface area contributed by atoms with Crippen LogP contribution in [0.4, 0.5) is 21.7 Å². The number of hydrogen-bond acceptors (Lipinski definition) is 8. The van der Waals surface area contributed by atoms with Gasteiger partial charge in [0, 0.05) is 17.8 Å². The van der Waals surface area contributed by atoms with E-state index in [4.69, 9.17) is 9.47 Å². The number of amides is 1. The molecule has 0 bridgehead atoms. The summed E-state index contributed by atoms with van der Waals surface area (Å²) in [6, 6.07) is 7.98. The number of likely N-dealkylation sites (tertiary alicyclic amines) is 1. The molecule has 11 heteroatoms. The van der Waals surface area contributed by atoms with Gasteiger partial charge in [0.25, 0.3) is 0 Å². The number of aromatic nitrogens is 4. The van der Waals surface area contributed by atoms with Crippen LogP contribution >= 0.6 is 0 Å². The Labute approximate surface area is 225 Å². The van der Waals surface area contributed by atoms with Crippen molar-refractivity contribution >= 4 is 34.3 Å². The number of benzene rings is 2. The van der Waals surface area contributed by atoms with Gasteiger partial charge < -0.3 is 25.0 Å². The van der Waals surface area contributed by atoms with Gasteiger partial charge in [0.05, 0.1) is 19.0 Å². The van der Waals surface area contributed by atoms with Crippen molar-refractivity contribution in [2.75, 3.05) is 37.9 Å². The molecule has 0 radical (unpaired) electrons. The summed E-state index contributed by atoms with van der Waals surface area (Å²) in [5, 5.41) is 13.1. The highest BCUT2D eigenvalue weighted by Gasteiger charge is 2.22. The van der Waals surface area contributed by atoms with E-state index in [1.165, 1.54) is 30.0 Å². The van der Waals surface area contributed by atoms with Crippen molar-refractivity contribution in [3.8, 4) is 17.4 Å². The minimum Gasteiger partial charge on any atom is -0.495 e. The first-order valence-electron chi connectivity index (χ1n) is 12.6. The van der Waals surface area contributed by atoms with Crippen molar-refractivity contribution in [2.24, 2.45) is 0 Å². The third-order valence-electron chi connectivity index (χ3n) is 6.81. The number of carbonyl (C=O) groups excluding carboxylic acids is 1. The third kappa shape index (κ3) is 5.83. The molecule has 1 fully saturated rings. The SMILES string of the molecule is C=CC(=O)Nc1cc(F)cc(Oc2nc(Nc3cc(C)c(C4CCN(C)CC4)cc3OC)nc3[nH]ncc23)c1. The number of H-pyrrole nitrogens is 1. The number of aryl methyl sites for hydroxylation is 1. The average molecular weight is 532 g/mol. The van der Waals surface area contributed by atoms with E-state index >= 15 is 0 Å². The van der Waals surface area contributed by atoms with Crippen LogP contribution in [0.2, 0.25) is 0 Å². The monoisotopic (exact) mass is 531 g/mol. The summed E-state index contributed by atoms with van der Waals surface area (Å²) >= 11 is 0. The number of aromatic amines is 1. The van der Waals surface area contributed by atoms with Crippen molar-refractivity contribution in [3.63, 3.8) is 0 Å². The van der Waals surface area contributed by atoms with Gasteiger partial charge in [-0.25, -0.2) is 4.39 Å². The largest absolute Gasteiger partial charge is 0.495 e. The Balaban J connectivity index is 1.45.